The molecular weight excluding hydrogens is 498 g/mol. The summed E-state index contributed by atoms with van der Waals surface area (Å²) in [5.41, 5.74) is 4.13. The quantitative estimate of drug-likeness (QED) is 0.257. The first-order valence-corrected chi connectivity index (χ1v) is 13.8. The molecule has 41 heavy (non-hydrogen) atoms. The highest BCUT2D eigenvalue weighted by molar-refractivity contribution is 6.08. The highest BCUT2D eigenvalue weighted by Gasteiger charge is 2.08. The predicted molar refractivity (Wildman–Crippen MR) is 171 cm³/mol. The van der Waals surface area contributed by atoms with Crippen molar-refractivity contribution in [3.8, 4) is 11.3 Å². The zero-order valence-corrected chi connectivity index (χ0v) is 22.3. The molecule has 3 heteroatoms. The average molecular weight is 524 g/mol. The minimum absolute atomic E-state index is 0.954. The number of hydrogen-bond donors (Lipinski definition) is 1. The normalized spacial score (nSPS) is 12.7. The standard InChI is InChI=1S/C38H25N3/c1-2-12-30-24-40-34(22-28(30)11-1)29-13-7-8-25(20-29)21-37-38-32-15-6-4-9-26(32)16-17-33(38)36(41-37)23-35-31-14-5-3-10-27(31)18-19-39-35/h1-24,41H. The van der Waals surface area contributed by atoms with E-state index in [9.17, 15) is 0 Å². The van der Waals surface area contributed by atoms with Crippen LogP contribution in [0.1, 0.15) is 11.3 Å². The Morgan fingerprint density at radius 2 is 1.27 bits per heavy atom. The van der Waals surface area contributed by atoms with Gasteiger partial charge in [-0.1, -0.05) is 103 Å². The van der Waals surface area contributed by atoms with E-state index in [1.807, 2.05) is 18.5 Å². The molecule has 0 saturated carbocycles. The monoisotopic (exact) mass is 523 g/mol. The van der Waals surface area contributed by atoms with Crippen LogP contribution in [0.4, 0.5) is 0 Å². The van der Waals surface area contributed by atoms with Crippen LogP contribution in [0, 0.1) is 0 Å². The Bertz CT molecular complexity index is 2380. The molecule has 192 valence electrons. The highest BCUT2D eigenvalue weighted by atomic mass is 14.7. The number of aromatic nitrogens is 3. The fourth-order valence-corrected chi connectivity index (χ4v) is 5.87. The molecule has 0 bridgehead atoms. The summed E-state index contributed by atoms with van der Waals surface area (Å²) < 4.78 is 0. The van der Waals surface area contributed by atoms with Gasteiger partial charge in [0.2, 0.25) is 0 Å². The summed E-state index contributed by atoms with van der Waals surface area (Å²) in [7, 11) is 0. The topological polar surface area (TPSA) is 41.6 Å². The third kappa shape index (κ3) is 4.16. The van der Waals surface area contributed by atoms with Gasteiger partial charge in [-0.2, -0.15) is 0 Å². The molecule has 5 aromatic carbocycles. The number of benzene rings is 5. The smallest absolute Gasteiger partial charge is 0.0728 e. The van der Waals surface area contributed by atoms with Crippen LogP contribution in [0.5, 0.6) is 0 Å². The number of aromatic amines is 1. The van der Waals surface area contributed by atoms with Gasteiger partial charge in [-0.05, 0) is 57.5 Å². The summed E-state index contributed by atoms with van der Waals surface area (Å²) in [6.07, 6.45) is 8.25. The van der Waals surface area contributed by atoms with Crippen molar-refractivity contribution in [2.45, 2.75) is 0 Å². The van der Waals surface area contributed by atoms with Crippen LogP contribution in [0.2, 0.25) is 0 Å². The Balaban J connectivity index is 1.35. The van der Waals surface area contributed by atoms with Crippen molar-refractivity contribution in [3.05, 3.63) is 156 Å². The van der Waals surface area contributed by atoms with E-state index in [1.165, 1.54) is 32.3 Å². The van der Waals surface area contributed by atoms with Gasteiger partial charge in [-0.25, -0.2) is 0 Å². The molecule has 0 aliphatic heterocycles. The third-order valence-corrected chi connectivity index (χ3v) is 7.87. The van der Waals surface area contributed by atoms with Gasteiger partial charge >= 0.3 is 0 Å². The number of rotatable bonds is 3. The van der Waals surface area contributed by atoms with E-state index >= 15 is 0 Å². The van der Waals surface area contributed by atoms with E-state index in [-0.39, 0.29) is 0 Å². The Hall–Kier alpha value is -5.54. The predicted octanol–water partition coefficient (Wildman–Crippen LogP) is 7.74. The van der Waals surface area contributed by atoms with Gasteiger partial charge in [-0.15, -0.1) is 0 Å². The Labute approximate surface area is 236 Å². The molecule has 1 N–H and O–H groups in total. The summed E-state index contributed by atoms with van der Waals surface area (Å²) in [5.74, 6) is 0. The lowest BCUT2D eigenvalue weighted by Crippen LogP contribution is -2.10. The maximum absolute atomic E-state index is 4.76. The van der Waals surface area contributed by atoms with Crippen LogP contribution in [-0.2, 0) is 0 Å². The molecule has 0 aliphatic carbocycles. The summed E-state index contributed by atoms with van der Waals surface area (Å²) in [6, 6.07) is 42.6. The molecule has 3 nitrogen and oxygen atoms in total. The Kier molecular flexibility index (Phi) is 5.46. The number of H-pyrrole nitrogens is 1. The van der Waals surface area contributed by atoms with Crippen molar-refractivity contribution in [1.82, 2.24) is 15.0 Å². The van der Waals surface area contributed by atoms with E-state index < -0.39 is 0 Å². The lowest BCUT2D eigenvalue weighted by atomic mass is 10.0. The summed E-state index contributed by atoms with van der Waals surface area (Å²) in [4.78, 5) is 13.3. The summed E-state index contributed by atoms with van der Waals surface area (Å²) >= 11 is 0. The second-order valence-corrected chi connectivity index (χ2v) is 10.4. The molecule has 0 amide bonds. The highest BCUT2D eigenvalue weighted by Crippen LogP contribution is 2.25. The molecule has 3 aromatic heterocycles. The third-order valence-electron chi connectivity index (χ3n) is 7.87. The molecule has 0 saturated heterocycles. The van der Waals surface area contributed by atoms with E-state index in [0.717, 1.165) is 44.0 Å². The van der Waals surface area contributed by atoms with Crippen LogP contribution in [0.25, 0.3) is 66.5 Å². The van der Waals surface area contributed by atoms with Crippen molar-refractivity contribution >= 4 is 55.2 Å². The van der Waals surface area contributed by atoms with Crippen molar-refractivity contribution in [2.24, 2.45) is 0 Å². The van der Waals surface area contributed by atoms with Gasteiger partial charge in [0.25, 0.3) is 0 Å². The maximum atomic E-state index is 4.76. The second-order valence-electron chi connectivity index (χ2n) is 10.4. The number of nitrogens with zero attached hydrogens (tertiary/aromatic N) is 2. The van der Waals surface area contributed by atoms with Crippen molar-refractivity contribution in [2.75, 3.05) is 0 Å². The summed E-state index contributed by atoms with van der Waals surface area (Å²) in [5, 5.41) is 11.6. The second kappa shape index (κ2) is 9.58. The van der Waals surface area contributed by atoms with E-state index in [1.54, 1.807) is 0 Å². The molecule has 0 spiro atoms. The van der Waals surface area contributed by atoms with Gasteiger partial charge in [0, 0.05) is 50.2 Å². The minimum atomic E-state index is 0.954. The molecule has 0 aliphatic rings. The van der Waals surface area contributed by atoms with Crippen LogP contribution in [0.3, 0.4) is 0 Å². The first kappa shape index (κ1) is 23.4. The number of fused-ring (bicyclic) bond motifs is 5. The number of nitrogens with one attached hydrogen (secondary N) is 1. The zero-order valence-electron chi connectivity index (χ0n) is 22.3. The molecular formula is C38H25N3. The average Bonchev–Trinajstić information content (AvgIpc) is 3.38. The van der Waals surface area contributed by atoms with Crippen molar-refractivity contribution in [3.63, 3.8) is 0 Å². The maximum Gasteiger partial charge on any atom is 0.0728 e. The fourth-order valence-electron chi connectivity index (χ4n) is 5.87. The van der Waals surface area contributed by atoms with Gasteiger partial charge < -0.3 is 4.98 Å². The largest absolute Gasteiger partial charge is 0.354 e. The molecule has 3 heterocycles. The van der Waals surface area contributed by atoms with Crippen LogP contribution >= 0.6 is 0 Å². The number of hydrogen-bond acceptors (Lipinski definition) is 2. The fraction of sp³-hybridized carbons (Fsp3) is 0. The molecule has 8 aromatic rings. The molecule has 0 fully saturated rings. The van der Waals surface area contributed by atoms with Gasteiger partial charge in [0.1, 0.15) is 0 Å². The van der Waals surface area contributed by atoms with Gasteiger partial charge in [-0.3, -0.25) is 9.97 Å². The Morgan fingerprint density at radius 1 is 0.512 bits per heavy atom. The first-order valence-electron chi connectivity index (χ1n) is 13.8. The van der Waals surface area contributed by atoms with Gasteiger partial charge in [0.15, 0.2) is 0 Å². The van der Waals surface area contributed by atoms with Gasteiger partial charge in [0.05, 0.1) is 11.4 Å². The van der Waals surface area contributed by atoms with E-state index in [0.29, 0.717) is 0 Å². The van der Waals surface area contributed by atoms with Crippen LogP contribution < -0.4 is 10.7 Å². The van der Waals surface area contributed by atoms with Crippen molar-refractivity contribution < 1.29 is 0 Å². The number of pyridine rings is 2. The summed E-state index contributed by atoms with van der Waals surface area (Å²) in [6.45, 7) is 0. The lowest BCUT2D eigenvalue weighted by molar-refractivity contribution is 1.26. The molecule has 8 rings (SSSR count). The minimum Gasteiger partial charge on any atom is -0.354 e. The van der Waals surface area contributed by atoms with Crippen LogP contribution in [-0.4, -0.2) is 15.0 Å². The lowest BCUT2D eigenvalue weighted by Gasteiger charge is -2.04. The molecule has 0 unspecified atom stereocenters. The Morgan fingerprint density at radius 3 is 2.15 bits per heavy atom. The molecule has 0 radical (unpaired) electrons. The van der Waals surface area contributed by atoms with E-state index in [4.69, 9.17) is 9.97 Å². The SMILES string of the molecule is C(c1nccc2ccccc12)=c1[nH]c(=Cc2cccc(-c3cc4ccccc4cn3)c2)c2c1ccc1ccccc12. The van der Waals surface area contributed by atoms with Crippen molar-refractivity contribution in [1.29, 1.82) is 0 Å². The van der Waals surface area contributed by atoms with E-state index in [2.05, 4.69) is 132 Å². The van der Waals surface area contributed by atoms with Crippen LogP contribution in [0.15, 0.2) is 134 Å². The first-order chi connectivity index (χ1) is 20.3. The zero-order chi connectivity index (χ0) is 27.2. The molecule has 0 atom stereocenters.